The smallest absolute Gasteiger partial charge is 0.322 e. The predicted octanol–water partition coefficient (Wildman–Crippen LogP) is -1.15. The topological polar surface area (TPSA) is 84.6 Å². The van der Waals surface area contributed by atoms with Gasteiger partial charge in [-0.15, -0.1) is 0 Å². The van der Waals surface area contributed by atoms with Gasteiger partial charge in [0.05, 0.1) is 0 Å². The van der Waals surface area contributed by atoms with E-state index >= 15 is 0 Å². The zero-order chi connectivity index (χ0) is 6.57. The van der Waals surface area contributed by atoms with Crippen LogP contribution in [0.1, 0.15) is 6.92 Å². The number of carbonyl (C=O) groups is 1. The summed E-state index contributed by atoms with van der Waals surface area (Å²) in [5.74, 6) is 3.49. The Bertz CT molecular complexity index is 84.6. The van der Waals surface area contributed by atoms with Crippen molar-refractivity contribution in [1.29, 1.82) is 0 Å². The van der Waals surface area contributed by atoms with Crippen molar-refractivity contribution in [1.82, 2.24) is 5.48 Å². The van der Waals surface area contributed by atoms with Crippen molar-refractivity contribution in [3.63, 3.8) is 0 Å². The van der Waals surface area contributed by atoms with E-state index in [0.29, 0.717) is 0 Å². The van der Waals surface area contributed by atoms with Crippen LogP contribution in [0.2, 0.25) is 0 Å². The second-order valence-electron chi connectivity index (χ2n) is 1.30. The van der Waals surface area contributed by atoms with Gasteiger partial charge in [-0.1, -0.05) is 0 Å². The Balaban J connectivity index is 3.32. The third kappa shape index (κ3) is 2.51. The van der Waals surface area contributed by atoms with Crippen LogP contribution in [0.3, 0.4) is 0 Å². The van der Waals surface area contributed by atoms with E-state index in [9.17, 15) is 4.79 Å². The van der Waals surface area contributed by atoms with E-state index in [1.54, 1.807) is 0 Å². The summed E-state index contributed by atoms with van der Waals surface area (Å²) in [5, 5.41) is 8.12. The minimum atomic E-state index is -1.00. The summed E-state index contributed by atoms with van der Waals surface area (Å²) in [6, 6.07) is -0.764. The van der Waals surface area contributed by atoms with Crippen molar-refractivity contribution in [3.8, 4) is 0 Å². The van der Waals surface area contributed by atoms with Gasteiger partial charge in [-0.25, -0.2) is 4.94 Å². The van der Waals surface area contributed by atoms with Gasteiger partial charge in [0, 0.05) is 0 Å². The first kappa shape index (κ1) is 7.35. The van der Waals surface area contributed by atoms with E-state index in [1.165, 1.54) is 6.92 Å². The van der Waals surface area contributed by atoms with Crippen LogP contribution in [0, 0.1) is 0 Å². The summed E-state index contributed by atoms with van der Waals surface area (Å²) in [4.78, 5) is 13.7. The van der Waals surface area contributed by atoms with E-state index in [0.717, 1.165) is 0 Å². The molecule has 0 saturated carbocycles. The minimum absolute atomic E-state index is 0.764. The summed E-state index contributed by atoms with van der Waals surface area (Å²) in [7, 11) is 0. The highest BCUT2D eigenvalue weighted by Gasteiger charge is 2.07. The van der Waals surface area contributed by atoms with Crippen molar-refractivity contribution in [3.05, 3.63) is 0 Å². The molecule has 0 heterocycles. The molecular weight excluding hydrogens is 112 g/mol. The monoisotopic (exact) mass is 120 g/mol. The highest BCUT2D eigenvalue weighted by molar-refractivity contribution is 5.72. The fourth-order valence-corrected chi connectivity index (χ4v) is 0.152. The number of carboxylic acid groups (broad SMARTS) is 1. The van der Waals surface area contributed by atoms with Crippen LogP contribution in [-0.4, -0.2) is 17.1 Å². The first-order chi connectivity index (χ1) is 3.68. The van der Waals surface area contributed by atoms with Crippen LogP contribution >= 0.6 is 0 Å². The number of aliphatic carboxylic acids is 1. The molecule has 0 fully saturated rings. The maximum atomic E-state index is 9.89. The molecule has 0 radical (unpaired) electrons. The molecule has 0 aliphatic heterocycles. The molecule has 0 aliphatic rings. The molecule has 0 aromatic rings. The lowest BCUT2D eigenvalue weighted by atomic mass is 10.4. The quantitative estimate of drug-likeness (QED) is 0.410. The number of hydroxylamine groups is 1. The van der Waals surface area contributed by atoms with Gasteiger partial charge in [0.1, 0.15) is 6.04 Å². The van der Waals surface area contributed by atoms with Crippen molar-refractivity contribution >= 4 is 5.97 Å². The molecule has 4 N–H and O–H groups in total. The molecule has 1 unspecified atom stereocenters. The van der Waals surface area contributed by atoms with E-state index < -0.39 is 12.0 Å². The molecule has 1 atom stereocenters. The SMILES string of the molecule is CC(NON)C(=O)O. The first-order valence-electron chi connectivity index (χ1n) is 2.02. The highest BCUT2D eigenvalue weighted by atomic mass is 16.8. The zero-order valence-electron chi connectivity index (χ0n) is 4.42. The molecule has 0 amide bonds. The maximum absolute atomic E-state index is 9.89. The average molecular weight is 120 g/mol. The predicted molar refractivity (Wildman–Crippen MR) is 25.5 cm³/mol. The second-order valence-corrected chi connectivity index (χ2v) is 1.30. The standard InChI is InChI=1S/C3H8N2O3/c1-2(3(6)7)5-8-4/h2,5H,4H2,1H3,(H,6,7). The highest BCUT2D eigenvalue weighted by Crippen LogP contribution is 1.76. The van der Waals surface area contributed by atoms with Crippen LogP contribution in [0.15, 0.2) is 0 Å². The molecule has 48 valence electrons. The summed E-state index contributed by atoms with van der Waals surface area (Å²) >= 11 is 0. The Morgan fingerprint density at radius 2 is 2.50 bits per heavy atom. The van der Waals surface area contributed by atoms with Gasteiger partial charge in [0.2, 0.25) is 0 Å². The maximum Gasteiger partial charge on any atom is 0.322 e. The number of hydrogen-bond donors (Lipinski definition) is 3. The van der Waals surface area contributed by atoms with Gasteiger partial charge in [-0.3, -0.25) is 4.79 Å². The van der Waals surface area contributed by atoms with E-state index in [2.05, 4.69) is 10.8 Å². The largest absolute Gasteiger partial charge is 0.480 e. The van der Waals surface area contributed by atoms with Crippen LogP contribution in [0.5, 0.6) is 0 Å². The minimum Gasteiger partial charge on any atom is -0.480 e. The molecule has 0 aromatic carbocycles. The number of rotatable bonds is 3. The normalized spacial score (nSPS) is 13.2. The zero-order valence-corrected chi connectivity index (χ0v) is 4.42. The number of hydrogen-bond acceptors (Lipinski definition) is 4. The van der Waals surface area contributed by atoms with Gasteiger partial charge in [-0.05, 0) is 6.92 Å². The Labute approximate surface area is 46.3 Å². The molecule has 0 bridgehead atoms. The van der Waals surface area contributed by atoms with Gasteiger partial charge < -0.3 is 5.11 Å². The fraction of sp³-hybridized carbons (Fsp3) is 0.667. The lowest BCUT2D eigenvalue weighted by Gasteiger charge is -2.02. The Kier molecular flexibility index (Phi) is 3.09. The van der Waals surface area contributed by atoms with E-state index in [-0.39, 0.29) is 0 Å². The van der Waals surface area contributed by atoms with Crippen molar-refractivity contribution < 1.29 is 14.8 Å². The van der Waals surface area contributed by atoms with Crippen LogP contribution in [0.25, 0.3) is 0 Å². The number of carboxylic acids is 1. The molecule has 0 saturated heterocycles. The lowest BCUT2D eigenvalue weighted by molar-refractivity contribution is -0.143. The summed E-state index contributed by atoms with van der Waals surface area (Å²) in [6.07, 6.45) is 0. The molecule has 8 heavy (non-hydrogen) atoms. The van der Waals surface area contributed by atoms with Crippen molar-refractivity contribution in [2.75, 3.05) is 0 Å². The molecule has 0 rings (SSSR count). The summed E-state index contributed by atoms with van der Waals surface area (Å²) < 4.78 is 0. The number of nitrogens with two attached hydrogens (primary N) is 1. The molecule has 5 nitrogen and oxygen atoms in total. The average Bonchev–Trinajstić information content (AvgIpc) is 1.67. The number of nitrogens with one attached hydrogen (secondary N) is 1. The van der Waals surface area contributed by atoms with E-state index in [1.807, 2.05) is 5.48 Å². The van der Waals surface area contributed by atoms with Gasteiger partial charge >= 0.3 is 5.97 Å². The third-order valence-corrected chi connectivity index (χ3v) is 0.615. The molecule has 0 spiro atoms. The first-order valence-corrected chi connectivity index (χ1v) is 2.02. The summed E-state index contributed by atoms with van der Waals surface area (Å²) in [5.41, 5.74) is 2.02. The molecule has 0 aromatic heterocycles. The fourth-order valence-electron chi connectivity index (χ4n) is 0.152. The Morgan fingerprint density at radius 3 is 2.62 bits per heavy atom. The van der Waals surface area contributed by atoms with Gasteiger partial charge in [-0.2, -0.15) is 11.4 Å². The molecule has 5 heteroatoms. The van der Waals surface area contributed by atoms with Crippen LogP contribution in [0.4, 0.5) is 0 Å². The Morgan fingerprint density at radius 1 is 2.00 bits per heavy atom. The van der Waals surface area contributed by atoms with Crippen molar-refractivity contribution in [2.45, 2.75) is 13.0 Å². The third-order valence-electron chi connectivity index (χ3n) is 0.615. The Hall–Kier alpha value is -0.650. The van der Waals surface area contributed by atoms with E-state index in [4.69, 9.17) is 5.11 Å². The molecule has 0 aliphatic carbocycles. The summed E-state index contributed by atoms with van der Waals surface area (Å²) in [6.45, 7) is 1.41. The van der Waals surface area contributed by atoms with Gasteiger partial charge in [0.15, 0.2) is 0 Å². The van der Waals surface area contributed by atoms with Crippen LogP contribution < -0.4 is 11.4 Å². The lowest BCUT2D eigenvalue weighted by Crippen LogP contribution is -2.35. The van der Waals surface area contributed by atoms with Gasteiger partial charge in [0.25, 0.3) is 0 Å². The molecular formula is C3H8N2O3. The van der Waals surface area contributed by atoms with Crippen LogP contribution in [-0.2, 0) is 9.73 Å². The second kappa shape index (κ2) is 3.36. The van der Waals surface area contributed by atoms with Crippen molar-refractivity contribution in [2.24, 2.45) is 5.90 Å².